The topological polar surface area (TPSA) is 66.0 Å². The van der Waals surface area contributed by atoms with Crippen molar-refractivity contribution in [2.24, 2.45) is 0 Å². The van der Waals surface area contributed by atoms with Gasteiger partial charge in [0.15, 0.2) is 0 Å². The fourth-order valence-corrected chi connectivity index (χ4v) is 2.19. The molecule has 20 heavy (non-hydrogen) atoms. The minimum absolute atomic E-state index is 0.782. The number of aromatic nitrogens is 3. The van der Waals surface area contributed by atoms with Crippen LogP contribution in [0.25, 0.3) is 0 Å². The molecule has 0 spiro atoms. The minimum atomic E-state index is 0.782. The van der Waals surface area contributed by atoms with E-state index in [-0.39, 0.29) is 0 Å². The van der Waals surface area contributed by atoms with E-state index in [0.717, 1.165) is 49.5 Å². The van der Waals surface area contributed by atoms with E-state index in [0.29, 0.717) is 0 Å². The molecular weight excluding hydrogens is 252 g/mol. The standard InChI is InChI=1S/C14H18N6/c1-11-10-13(18-12-4-2-3-5-16-12)19-14(17-11)20-8-6-15-7-9-20/h2-5,10,15H,6-9H2,1H3,(H,16,17,18,19). The zero-order chi connectivity index (χ0) is 13.8. The van der Waals surface area contributed by atoms with E-state index < -0.39 is 0 Å². The number of nitrogens with one attached hydrogen (secondary N) is 2. The lowest BCUT2D eigenvalue weighted by Crippen LogP contribution is -2.44. The highest BCUT2D eigenvalue weighted by molar-refractivity contribution is 5.53. The molecule has 3 rings (SSSR count). The molecule has 104 valence electrons. The second kappa shape index (κ2) is 5.83. The molecule has 0 bridgehead atoms. The quantitative estimate of drug-likeness (QED) is 0.877. The van der Waals surface area contributed by atoms with Gasteiger partial charge in [-0.25, -0.2) is 9.97 Å². The predicted molar refractivity (Wildman–Crippen MR) is 79.4 cm³/mol. The third-order valence-corrected chi connectivity index (χ3v) is 3.16. The maximum absolute atomic E-state index is 4.59. The normalized spacial score (nSPS) is 15.2. The van der Waals surface area contributed by atoms with Gasteiger partial charge in [-0.1, -0.05) is 6.07 Å². The van der Waals surface area contributed by atoms with E-state index in [1.54, 1.807) is 6.20 Å². The maximum atomic E-state index is 4.59. The van der Waals surface area contributed by atoms with Crippen LogP contribution in [0.2, 0.25) is 0 Å². The lowest BCUT2D eigenvalue weighted by atomic mass is 10.3. The average Bonchev–Trinajstić information content (AvgIpc) is 2.49. The van der Waals surface area contributed by atoms with Gasteiger partial charge in [-0.15, -0.1) is 0 Å². The first kappa shape index (κ1) is 12.8. The largest absolute Gasteiger partial charge is 0.338 e. The van der Waals surface area contributed by atoms with Crippen LogP contribution in [0.5, 0.6) is 0 Å². The minimum Gasteiger partial charge on any atom is -0.338 e. The van der Waals surface area contributed by atoms with Gasteiger partial charge >= 0.3 is 0 Å². The van der Waals surface area contributed by atoms with Crippen LogP contribution in [-0.2, 0) is 0 Å². The first-order valence-corrected chi connectivity index (χ1v) is 6.81. The molecule has 1 aliphatic heterocycles. The maximum Gasteiger partial charge on any atom is 0.227 e. The Balaban J connectivity index is 1.82. The van der Waals surface area contributed by atoms with Crippen LogP contribution in [0.4, 0.5) is 17.6 Å². The summed E-state index contributed by atoms with van der Waals surface area (Å²) < 4.78 is 0. The molecule has 0 aliphatic carbocycles. The number of anilines is 3. The van der Waals surface area contributed by atoms with Gasteiger partial charge in [0, 0.05) is 44.1 Å². The second-order valence-electron chi connectivity index (χ2n) is 4.77. The number of rotatable bonds is 3. The third kappa shape index (κ3) is 3.03. The summed E-state index contributed by atoms with van der Waals surface area (Å²) in [5.74, 6) is 2.35. The van der Waals surface area contributed by atoms with E-state index in [1.807, 2.05) is 31.2 Å². The van der Waals surface area contributed by atoms with Crippen molar-refractivity contribution in [3.05, 3.63) is 36.2 Å². The number of hydrogen-bond donors (Lipinski definition) is 2. The molecule has 3 heterocycles. The SMILES string of the molecule is Cc1cc(Nc2ccccn2)nc(N2CCNCC2)n1. The van der Waals surface area contributed by atoms with Gasteiger partial charge in [0.1, 0.15) is 11.6 Å². The van der Waals surface area contributed by atoms with Crippen molar-refractivity contribution in [2.75, 3.05) is 36.4 Å². The highest BCUT2D eigenvalue weighted by atomic mass is 15.3. The van der Waals surface area contributed by atoms with Crippen LogP contribution in [-0.4, -0.2) is 41.1 Å². The Morgan fingerprint density at radius 1 is 1.15 bits per heavy atom. The van der Waals surface area contributed by atoms with Crippen molar-refractivity contribution in [2.45, 2.75) is 6.92 Å². The zero-order valence-electron chi connectivity index (χ0n) is 11.5. The number of piperazine rings is 1. The molecule has 0 aromatic carbocycles. The van der Waals surface area contributed by atoms with E-state index in [1.165, 1.54) is 0 Å². The second-order valence-corrected chi connectivity index (χ2v) is 4.77. The zero-order valence-corrected chi connectivity index (χ0v) is 11.5. The average molecular weight is 270 g/mol. The first-order valence-electron chi connectivity index (χ1n) is 6.81. The Morgan fingerprint density at radius 3 is 2.75 bits per heavy atom. The van der Waals surface area contributed by atoms with E-state index in [2.05, 4.69) is 30.5 Å². The number of pyridine rings is 1. The number of hydrogen-bond acceptors (Lipinski definition) is 6. The van der Waals surface area contributed by atoms with Gasteiger partial charge in [0.25, 0.3) is 0 Å². The monoisotopic (exact) mass is 270 g/mol. The number of nitrogens with zero attached hydrogens (tertiary/aromatic N) is 4. The highest BCUT2D eigenvalue weighted by Gasteiger charge is 2.14. The van der Waals surface area contributed by atoms with Crippen molar-refractivity contribution in [1.29, 1.82) is 0 Å². The molecular formula is C14H18N6. The van der Waals surface area contributed by atoms with Crippen LogP contribution >= 0.6 is 0 Å². The van der Waals surface area contributed by atoms with Crippen molar-refractivity contribution >= 4 is 17.6 Å². The molecule has 6 nitrogen and oxygen atoms in total. The van der Waals surface area contributed by atoms with Crippen molar-refractivity contribution in [1.82, 2.24) is 20.3 Å². The van der Waals surface area contributed by atoms with Crippen LogP contribution < -0.4 is 15.5 Å². The Kier molecular flexibility index (Phi) is 3.73. The molecule has 1 fully saturated rings. The molecule has 0 amide bonds. The van der Waals surface area contributed by atoms with Crippen molar-refractivity contribution < 1.29 is 0 Å². The summed E-state index contributed by atoms with van der Waals surface area (Å²) >= 11 is 0. The van der Waals surface area contributed by atoms with E-state index in [9.17, 15) is 0 Å². The molecule has 0 atom stereocenters. The summed E-state index contributed by atoms with van der Waals surface area (Å²) in [5.41, 5.74) is 0.951. The smallest absolute Gasteiger partial charge is 0.227 e. The summed E-state index contributed by atoms with van der Waals surface area (Å²) in [6.07, 6.45) is 1.76. The Bertz CT molecular complexity index is 565. The van der Waals surface area contributed by atoms with Crippen LogP contribution in [0, 0.1) is 6.92 Å². The Hall–Kier alpha value is -2.21. The summed E-state index contributed by atoms with van der Waals surface area (Å²) in [6.45, 7) is 5.80. The van der Waals surface area contributed by atoms with Crippen LogP contribution in [0.3, 0.4) is 0 Å². The van der Waals surface area contributed by atoms with E-state index in [4.69, 9.17) is 0 Å². The van der Waals surface area contributed by atoms with Crippen LogP contribution in [0.1, 0.15) is 5.69 Å². The Morgan fingerprint density at radius 2 is 2.00 bits per heavy atom. The molecule has 0 saturated carbocycles. The lowest BCUT2D eigenvalue weighted by Gasteiger charge is -2.27. The van der Waals surface area contributed by atoms with Gasteiger partial charge in [0.05, 0.1) is 0 Å². The highest BCUT2D eigenvalue weighted by Crippen LogP contribution is 2.17. The van der Waals surface area contributed by atoms with Gasteiger partial charge in [0.2, 0.25) is 5.95 Å². The van der Waals surface area contributed by atoms with Crippen molar-refractivity contribution in [3.8, 4) is 0 Å². The molecule has 0 radical (unpaired) electrons. The molecule has 2 aromatic rings. The molecule has 2 aromatic heterocycles. The van der Waals surface area contributed by atoms with Crippen molar-refractivity contribution in [3.63, 3.8) is 0 Å². The predicted octanol–water partition coefficient (Wildman–Crippen LogP) is 1.33. The van der Waals surface area contributed by atoms with Gasteiger partial charge in [-0.3, -0.25) is 0 Å². The molecule has 2 N–H and O–H groups in total. The fourth-order valence-electron chi connectivity index (χ4n) is 2.19. The Labute approximate surface area is 118 Å². The summed E-state index contributed by atoms with van der Waals surface area (Å²) in [5, 5.41) is 6.55. The fraction of sp³-hybridized carbons (Fsp3) is 0.357. The van der Waals surface area contributed by atoms with E-state index >= 15 is 0 Å². The third-order valence-electron chi connectivity index (χ3n) is 3.16. The summed E-state index contributed by atoms with van der Waals surface area (Å²) in [6, 6.07) is 7.69. The van der Waals surface area contributed by atoms with Gasteiger partial charge in [-0.05, 0) is 19.1 Å². The number of aryl methyl sites for hydroxylation is 1. The molecule has 0 unspecified atom stereocenters. The van der Waals surface area contributed by atoms with Gasteiger partial charge in [-0.2, -0.15) is 4.98 Å². The summed E-state index contributed by atoms with van der Waals surface area (Å²) in [4.78, 5) is 15.6. The van der Waals surface area contributed by atoms with Gasteiger partial charge < -0.3 is 15.5 Å². The lowest BCUT2D eigenvalue weighted by molar-refractivity contribution is 0.579. The molecule has 1 saturated heterocycles. The molecule has 6 heteroatoms. The first-order chi connectivity index (χ1) is 9.81. The van der Waals surface area contributed by atoms with Crippen LogP contribution in [0.15, 0.2) is 30.5 Å². The summed E-state index contributed by atoms with van der Waals surface area (Å²) in [7, 11) is 0. The molecule has 1 aliphatic rings.